The Morgan fingerprint density at radius 2 is 1.75 bits per heavy atom. The van der Waals surface area contributed by atoms with Crippen LogP contribution in [0.4, 0.5) is 10.5 Å². The number of nitrogens with zero attached hydrogens (tertiary/aromatic N) is 2. The van der Waals surface area contributed by atoms with E-state index < -0.39 is 0 Å². The first-order chi connectivity index (χ1) is 15.3. The van der Waals surface area contributed by atoms with Crippen molar-refractivity contribution in [3.63, 3.8) is 0 Å². The molecule has 5 nitrogen and oxygen atoms in total. The van der Waals surface area contributed by atoms with E-state index in [4.69, 9.17) is 0 Å². The zero-order valence-electron chi connectivity index (χ0n) is 20.1. The Labute approximate surface area is 192 Å². The molecule has 1 N–H and O–H groups in total. The summed E-state index contributed by atoms with van der Waals surface area (Å²) in [5.74, 6) is 0.893. The monoisotopic (exact) mass is 435 g/mol. The Morgan fingerprint density at radius 3 is 2.41 bits per heavy atom. The van der Waals surface area contributed by atoms with Crippen LogP contribution >= 0.6 is 0 Å². The topological polar surface area (TPSA) is 52.7 Å². The van der Waals surface area contributed by atoms with E-state index in [2.05, 4.69) is 58.1 Å². The molecular weight excluding hydrogens is 398 g/mol. The maximum atomic E-state index is 13.3. The molecule has 0 aliphatic carbocycles. The van der Waals surface area contributed by atoms with E-state index in [0.29, 0.717) is 24.9 Å². The first-order valence-corrected chi connectivity index (χ1v) is 11.8. The van der Waals surface area contributed by atoms with E-state index >= 15 is 0 Å². The van der Waals surface area contributed by atoms with Gasteiger partial charge in [0, 0.05) is 18.8 Å². The molecule has 1 heterocycles. The van der Waals surface area contributed by atoms with Crippen molar-refractivity contribution in [1.29, 1.82) is 0 Å². The van der Waals surface area contributed by atoms with Crippen LogP contribution in [-0.2, 0) is 11.2 Å². The van der Waals surface area contributed by atoms with Crippen LogP contribution in [0.15, 0.2) is 48.5 Å². The predicted octanol–water partition coefficient (Wildman–Crippen LogP) is 5.84. The van der Waals surface area contributed by atoms with Crippen LogP contribution < -0.4 is 5.32 Å². The van der Waals surface area contributed by atoms with E-state index in [1.807, 2.05) is 35.2 Å². The first-order valence-electron chi connectivity index (χ1n) is 11.8. The fourth-order valence-corrected chi connectivity index (χ4v) is 4.19. The molecule has 0 fully saturated rings. The number of anilines is 1. The number of benzene rings is 2. The summed E-state index contributed by atoms with van der Waals surface area (Å²) >= 11 is 0. The molecule has 32 heavy (non-hydrogen) atoms. The van der Waals surface area contributed by atoms with Crippen LogP contribution in [0.3, 0.4) is 0 Å². The molecule has 0 saturated heterocycles. The van der Waals surface area contributed by atoms with Crippen LogP contribution in [0.25, 0.3) is 0 Å². The lowest BCUT2D eigenvalue weighted by Gasteiger charge is -2.36. The zero-order chi connectivity index (χ0) is 23.3. The molecule has 1 aliphatic heterocycles. The second kappa shape index (κ2) is 10.7. The van der Waals surface area contributed by atoms with Crippen molar-refractivity contribution in [2.24, 2.45) is 5.92 Å². The number of hydrogen-bond acceptors (Lipinski definition) is 2. The van der Waals surface area contributed by atoms with Crippen molar-refractivity contribution in [3.8, 4) is 0 Å². The number of carbonyl (C=O) groups is 2. The number of urea groups is 1. The van der Waals surface area contributed by atoms with Crippen LogP contribution in [0.1, 0.15) is 69.7 Å². The first kappa shape index (κ1) is 23.8. The Bertz CT molecular complexity index is 921. The molecule has 2 aromatic rings. The molecule has 0 saturated carbocycles. The lowest BCUT2D eigenvalue weighted by molar-refractivity contribution is -0.134. The van der Waals surface area contributed by atoms with Gasteiger partial charge in [0.25, 0.3) is 0 Å². The summed E-state index contributed by atoms with van der Waals surface area (Å²) in [6, 6.07) is 16.0. The number of nitrogens with one attached hydrogen (secondary N) is 1. The molecule has 0 radical (unpaired) electrons. The van der Waals surface area contributed by atoms with Gasteiger partial charge in [-0.2, -0.15) is 0 Å². The van der Waals surface area contributed by atoms with E-state index in [0.717, 1.165) is 18.5 Å². The maximum Gasteiger partial charge on any atom is 0.322 e. The van der Waals surface area contributed by atoms with Gasteiger partial charge in [-0.25, -0.2) is 4.79 Å². The van der Waals surface area contributed by atoms with Gasteiger partial charge in [-0.3, -0.25) is 4.79 Å². The molecule has 172 valence electrons. The van der Waals surface area contributed by atoms with Crippen LogP contribution in [0.2, 0.25) is 0 Å². The van der Waals surface area contributed by atoms with Gasteiger partial charge in [0.2, 0.25) is 5.91 Å². The van der Waals surface area contributed by atoms with Crippen molar-refractivity contribution in [2.75, 3.05) is 25.0 Å². The number of carbonyl (C=O) groups excluding carboxylic acids is 2. The minimum absolute atomic E-state index is 0.000986. The summed E-state index contributed by atoms with van der Waals surface area (Å²) in [5, 5.41) is 2.98. The third-order valence-corrected chi connectivity index (χ3v) is 6.33. The van der Waals surface area contributed by atoms with Gasteiger partial charge in [-0.15, -0.1) is 0 Å². The summed E-state index contributed by atoms with van der Waals surface area (Å²) in [7, 11) is 0. The molecule has 0 aromatic heterocycles. The summed E-state index contributed by atoms with van der Waals surface area (Å²) < 4.78 is 0. The zero-order valence-corrected chi connectivity index (χ0v) is 20.1. The van der Waals surface area contributed by atoms with Crippen LogP contribution in [0, 0.1) is 5.92 Å². The number of fused-ring (bicyclic) bond motifs is 1. The Balaban J connectivity index is 1.69. The fraction of sp³-hybridized carbons (Fsp3) is 0.481. The second-order valence-corrected chi connectivity index (χ2v) is 9.52. The molecule has 2 aromatic carbocycles. The minimum atomic E-state index is -0.221. The summed E-state index contributed by atoms with van der Waals surface area (Å²) in [4.78, 5) is 29.9. The van der Waals surface area contributed by atoms with Crippen LogP contribution in [0.5, 0.6) is 0 Å². The third-order valence-electron chi connectivity index (χ3n) is 6.33. The highest BCUT2D eigenvalue weighted by atomic mass is 16.2. The maximum absolute atomic E-state index is 13.3. The Morgan fingerprint density at radius 1 is 1.06 bits per heavy atom. The smallest absolute Gasteiger partial charge is 0.322 e. The molecule has 0 spiro atoms. The van der Waals surface area contributed by atoms with E-state index in [9.17, 15) is 9.59 Å². The van der Waals surface area contributed by atoms with Gasteiger partial charge < -0.3 is 15.1 Å². The minimum Gasteiger partial charge on any atom is -0.334 e. The summed E-state index contributed by atoms with van der Waals surface area (Å²) in [5.41, 5.74) is 4.50. The number of hydrogen-bond donors (Lipinski definition) is 1. The van der Waals surface area contributed by atoms with Crippen molar-refractivity contribution < 1.29 is 9.59 Å². The van der Waals surface area contributed by atoms with E-state index in [-0.39, 0.29) is 24.5 Å². The predicted molar refractivity (Wildman–Crippen MR) is 131 cm³/mol. The van der Waals surface area contributed by atoms with Gasteiger partial charge >= 0.3 is 6.03 Å². The third kappa shape index (κ3) is 5.90. The van der Waals surface area contributed by atoms with E-state index in [1.165, 1.54) is 16.7 Å². The molecule has 3 amide bonds. The average Bonchev–Trinajstić information content (AvgIpc) is 2.77. The molecular formula is C27H37N3O2. The lowest BCUT2D eigenvalue weighted by Crippen LogP contribution is -2.47. The van der Waals surface area contributed by atoms with Gasteiger partial charge in [0.05, 0.1) is 6.04 Å². The van der Waals surface area contributed by atoms with Crippen LogP contribution in [-0.4, -0.2) is 41.4 Å². The molecule has 5 heteroatoms. The van der Waals surface area contributed by atoms with Gasteiger partial charge in [0.1, 0.15) is 6.54 Å². The highest BCUT2D eigenvalue weighted by Gasteiger charge is 2.29. The standard InChI is InChI=1S/C27H37N3O2/c1-19(2)14-16-29(27(32)28-24-12-10-22(11-13-24)20(3)4)18-26(31)30-17-15-23-8-6-7-9-25(23)21(30)5/h6-13,19-21H,14-18H2,1-5H3,(H,28,32). The quantitative estimate of drug-likeness (QED) is 0.594. The Hall–Kier alpha value is -2.82. The van der Waals surface area contributed by atoms with Gasteiger partial charge in [-0.05, 0) is 60.4 Å². The van der Waals surface area contributed by atoms with E-state index in [1.54, 1.807) is 4.90 Å². The summed E-state index contributed by atoms with van der Waals surface area (Å²) in [6.45, 7) is 12.0. The number of rotatable bonds is 7. The second-order valence-electron chi connectivity index (χ2n) is 9.52. The molecule has 1 aliphatic rings. The molecule has 3 rings (SSSR count). The lowest BCUT2D eigenvalue weighted by atomic mass is 9.93. The van der Waals surface area contributed by atoms with Gasteiger partial charge in [-0.1, -0.05) is 64.1 Å². The molecule has 1 atom stereocenters. The summed E-state index contributed by atoms with van der Waals surface area (Å²) in [6.07, 6.45) is 1.71. The fourth-order valence-electron chi connectivity index (χ4n) is 4.19. The molecule has 0 bridgehead atoms. The highest BCUT2D eigenvalue weighted by Crippen LogP contribution is 2.29. The normalized spacial score (nSPS) is 15.6. The van der Waals surface area contributed by atoms with Crippen molar-refractivity contribution >= 4 is 17.6 Å². The average molecular weight is 436 g/mol. The molecule has 1 unspecified atom stereocenters. The van der Waals surface area contributed by atoms with Crippen molar-refractivity contribution in [3.05, 3.63) is 65.2 Å². The SMILES string of the molecule is CC(C)CCN(CC(=O)N1CCc2ccccc2C1C)C(=O)Nc1ccc(C(C)C)cc1. The largest absolute Gasteiger partial charge is 0.334 e. The van der Waals surface area contributed by atoms with Crippen molar-refractivity contribution in [1.82, 2.24) is 9.80 Å². The highest BCUT2D eigenvalue weighted by molar-refractivity contribution is 5.92. The van der Waals surface area contributed by atoms with Gasteiger partial charge in [0.15, 0.2) is 0 Å². The van der Waals surface area contributed by atoms with Crippen molar-refractivity contribution in [2.45, 2.75) is 59.4 Å². The number of amides is 3. The Kier molecular flexibility index (Phi) is 7.94.